The first kappa shape index (κ1) is 24.9. The fourth-order valence-corrected chi connectivity index (χ4v) is 3.73. The molecule has 0 radical (unpaired) electrons. The highest BCUT2D eigenvalue weighted by atomic mass is 16.5. The molecule has 1 aromatic heterocycles. The highest BCUT2D eigenvalue weighted by Crippen LogP contribution is 2.34. The number of Topliss-reactive ketones (excluding diaryl/α,β-unsaturated/α-hetero) is 1. The molecule has 7 heteroatoms. The molecule has 0 aliphatic heterocycles. The van der Waals surface area contributed by atoms with Crippen molar-refractivity contribution in [3.63, 3.8) is 0 Å². The Hall–Kier alpha value is -3.74. The maximum Gasteiger partial charge on any atom is 0.371 e. The molecule has 2 aromatic carbocycles. The Labute approximate surface area is 198 Å². The second-order valence-corrected chi connectivity index (χ2v) is 7.90. The molecule has 34 heavy (non-hydrogen) atoms. The van der Waals surface area contributed by atoms with Crippen LogP contribution in [0.4, 0.5) is 0 Å². The van der Waals surface area contributed by atoms with E-state index in [-0.39, 0.29) is 11.5 Å². The molecule has 0 saturated heterocycles. The Kier molecular flexibility index (Phi) is 8.35. The van der Waals surface area contributed by atoms with Crippen LogP contribution in [0, 0.1) is 6.92 Å². The van der Waals surface area contributed by atoms with E-state index in [1.165, 1.54) is 13.0 Å². The standard InChI is InChI=1S/C27H30O7/c1-5-8-21-23(12-10-20(18(4)28)26(21)33-13-6-2)32-15-7-14-31-22-11-9-19-16-24(27(29)30)34-25(19)17(22)3/h6,9-12,16H,2,5,7-8,13-15H2,1,3-4H3,(H,29,30). The molecule has 0 fully saturated rings. The number of carboxylic acids is 1. The Morgan fingerprint density at radius 3 is 2.44 bits per heavy atom. The predicted molar refractivity (Wildman–Crippen MR) is 130 cm³/mol. The average molecular weight is 467 g/mol. The fraction of sp³-hybridized carbons (Fsp3) is 0.333. The Morgan fingerprint density at radius 1 is 1.09 bits per heavy atom. The zero-order valence-electron chi connectivity index (χ0n) is 19.8. The third kappa shape index (κ3) is 5.60. The molecule has 0 atom stereocenters. The molecule has 3 rings (SSSR count). The van der Waals surface area contributed by atoms with Gasteiger partial charge in [0.05, 0.1) is 18.8 Å². The smallest absolute Gasteiger partial charge is 0.371 e. The second kappa shape index (κ2) is 11.4. The van der Waals surface area contributed by atoms with Crippen LogP contribution in [0.2, 0.25) is 0 Å². The summed E-state index contributed by atoms with van der Waals surface area (Å²) in [4.78, 5) is 23.2. The van der Waals surface area contributed by atoms with E-state index in [2.05, 4.69) is 13.5 Å². The normalized spacial score (nSPS) is 10.8. The number of carbonyl (C=O) groups excluding carboxylic acids is 1. The Balaban J connectivity index is 1.65. The number of hydrogen-bond acceptors (Lipinski definition) is 6. The van der Waals surface area contributed by atoms with Gasteiger partial charge in [0.15, 0.2) is 5.78 Å². The van der Waals surface area contributed by atoms with Gasteiger partial charge in [-0.15, -0.1) is 0 Å². The molecule has 0 aliphatic carbocycles. The SMILES string of the molecule is C=CCOc1c(C(C)=O)ccc(OCCCOc2ccc3cc(C(=O)O)oc3c2C)c1CCC. The minimum Gasteiger partial charge on any atom is -0.493 e. The summed E-state index contributed by atoms with van der Waals surface area (Å²) >= 11 is 0. The predicted octanol–water partition coefficient (Wildman–Crippen LogP) is 6.01. The van der Waals surface area contributed by atoms with Crippen LogP contribution in [0.5, 0.6) is 17.2 Å². The monoisotopic (exact) mass is 466 g/mol. The summed E-state index contributed by atoms with van der Waals surface area (Å²) in [5.41, 5.74) is 2.68. The minimum absolute atomic E-state index is 0.0595. The summed E-state index contributed by atoms with van der Waals surface area (Å²) in [6.45, 7) is 10.2. The number of ketones is 1. The first-order valence-electron chi connectivity index (χ1n) is 11.3. The number of ether oxygens (including phenoxy) is 3. The van der Waals surface area contributed by atoms with Crippen molar-refractivity contribution in [1.29, 1.82) is 0 Å². The van der Waals surface area contributed by atoms with Crippen LogP contribution < -0.4 is 14.2 Å². The third-order valence-corrected chi connectivity index (χ3v) is 5.34. The largest absolute Gasteiger partial charge is 0.493 e. The molecule has 0 unspecified atom stereocenters. The average Bonchev–Trinajstić information content (AvgIpc) is 3.25. The van der Waals surface area contributed by atoms with Gasteiger partial charge in [0.2, 0.25) is 5.76 Å². The van der Waals surface area contributed by atoms with Gasteiger partial charge in [-0.25, -0.2) is 4.79 Å². The quantitative estimate of drug-likeness (QED) is 0.187. The number of carbonyl (C=O) groups is 2. The molecule has 0 amide bonds. The van der Waals surface area contributed by atoms with E-state index in [9.17, 15) is 9.59 Å². The van der Waals surface area contributed by atoms with E-state index >= 15 is 0 Å². The fourth-order valence-electron chi connectivity index (χ4n) is 3.73. The van der Waals surface area contributed by atoms with E-state index < -0.39 is 5.97 Å². The number of fused-ring (bicyclic) bond motifs is 1. The second-order valence-electron chi connectivity index (χ2n) is 7.90. The van der Waals surface area contributed by atoms with Crippen LogP contribution in [0.1, 0.15) is 58.7 Å². The van der Waals surface area contributed by atoms with E-state index in [0.717, 1.165) is 29.4 Å². The van der Waals surface area contributed by atoms with Gasteiger partial charge in [0.25, 0.3) is 0 Å². The van der Waals surface area contributed by atoms with Gasteiger partial charge >= 0.3 is 5.97 Å². The molecule has 1 heterocycles. The molecule has 0 spiro atoms. The topological polar surface area (TPSA) is 95.2 Å². The van der Waals surface area contributed by atoms with Gasteiger partial charge in [0, 0.05) is 22.9 Å². The van der Waals surface area contributed by atoms with Crippen molar-refractivity contribution in [3.8, 4) is 17.2 Å². The summed E-state index contributed by atoms with van der Waals surface area (Å²) < 4.78 is 23.2. The first-order valence-corrected chi connectivity index (χ1v) is 11.3. The summed E-state index contributed by atoms with van der Waals surface area (Å²) in [6, 6.07) is 8.64. The van der Waals surface area contributed by atoms with Gasteiger partial charge in [-0.3, -0.25) is 4.79 Å². The summed E-state index contributed by atoms with van der Waals surface area (Å²) in [7, 11) is 0. The van der Waals surface area contributed by atoms with Gasteiger partial charge in [-0.1, -0.05) is 26.0 Å². The van der Waals surface area contributed by atoms with Crippen molar-refractivity contribution in [2.24, 2.45) is 0 Å². The molecular formula is C27H30O7. The third-order valence-electron chi connectivity index (χ3n) is 5.34. The highest BCUT2D eigenvalue weighted by Gasteiger charge is 2.18. The summed E-state index contributed by atoms with van der Waals surface area (Å²) in [5, 5.41) is 9.85. The maximum atomic E-state index is 12.1. The molecule has 0 saturated carbocycles. The molecule has 0 aliphatic rings. The lowest BCUT2D eigenvalue weighted by molar-refractivity contribution is 0.0664. The van der Waals surface area contributed by atoms with Crippen LogP contribution in [-0.2, 0) is 6.42 Å². The number of rotatable bonds is 13. The van der Waals surface area contributed by atoms with Crippen molar-refractivity contribution in [3.05, 3.63) is 65.4 Å². The molecule has 3 aromatic rings. The van der Waals surface area contributed by atoms with Crippen LogP contribution in [0.15, 0.2) is 47.4 Å². The number of aryl methyl sites for hydroxylation is 1. The highest BCUT2D eigenvalue weighted by molar-refractivity contribution is 5.97. The zero-order valence-corrected chi connectivity index (χ0v) is 19.8. The Bertz CT molecular complexity index is 1190. The minimum atomic E-state index is -1.10. The van der Waals surface area contributed by atoms with Gasteiger partial charge in [-0.2, -0.15) is 0 Å². The molecule has 7 nitrogen and oxygen atoms in total. The summed E-state index contributed by atoms with van der Waals surface area (Å²) in [6.07, 6.45) is 3.87. The summed E-state index contributed by atoms with van der Waals surface area (Å²) in [5.74, 6) is 0.629. The molecule has 1 N–H and O–H groups in total. The van der Waals surface area contributed by atoms with Crippen molar-refractivity contribution in [1.82, 2.24) is 0 Å². The van der Waals surface area contributed by atoms with Gasteiger partial charge in [-0.05, 0) is 50.6 Å². The van der Waals surface area contributed by atoms with Gasteiger partial charge < -0.3 is 23.7 Å². The van der Waals surface area contributed by atoms with Crippen molar-refractivity contribution >= 4 is 22.7 Å². The molecule has 180 valence electrons. The lowest BCUT2D eigenvalue weighted by Gasteiger charge is -2.18. The van der Waals surface area contributed by atoms with Crippen molar-refractivity contribution in [2.75, 3.05) is 19.8 Å². The number of furan rings is 1. The maximum absolute atomic E-state index is 12.1. The Morgan fingerprint density at radius 2 is 1.79 bits per heavy atom. The first-order chi connectivity index (χ1) is 16.4. The van der Waals surface area contributed by atoms with Crippen LogP contribution in [0.3, 0.4) is 0 Å². The zero-order chi connectivity index (χ0) is 24.7. The number of hydrogen-bond donors (Lipinski definition) is 1. The lowest BCUT2D eigenvalue weighted by atomic mass is 10.0. The van der Waals surface area contributed by atoms with Crippen molar-refractivity contribution in [2.45, 2.75) is 40.0 Å². The van der Waals surface area contributed by atoms with E-state index in [4.69, 9.17) is 23.7 Å². The van der Waals surface area contributed by atoms with Gasteiger partial charge in [0.1, 0.15) is 29.4 Å². The van der Waals surface area contributed by atoms with E-state index in [1.807, 2.05) is 19.1 Å². The van der Waals surface area contributed by atoms with Crippen LogP contribution >= 0.6 is 0 Å². The molecular weight excluding hydrogens is 436 g/mol. The number of carboxylic acid groups (broad SMARTS) is 1. The van der Waals surface area contributed by atoms with Crippen LogP contribution in [-0.4, -0.2) is 36.7 Å². The van der Waals surface area contributed by atoms with E-state index in [0.29, 0.717) is 54.6 Å². The number of benzene rings is 2. The number of aromatic carboxylic acids is 1. The van der Waals surface area contributed by atoms with E-state index in [1.54, 1.807) is 18.2 Å². The molecule has 0 bridgehead atoms. The van der Waals surface area contributed by atoms with Crippen molar-refractivity contribution < 1.29 is 33.3 Å². The lowest BCUT2D eigenvalue weighted by Crippen LogP contribution is -2.10. The van der Waals surface area contributed by atoms with Crippen LogP contribution in [0.25, 0.3) is 11.0 Å².